The molecule has 0 aliphatic heterocycles. The third-order valence-corrected chi connectivity index (χ3v) is 4.27. The molecule has 0 saturated heterocycles. The van der Waals surface area contributed by atoms with Gasteiger partial charge in [-0.05, 0) is 51.0 Å². The molecule has 0 heterocycles. The maximum atomic E-state index is 9.30. The van der Waals surface area contributed by atoms with Crippen LogP contribution in [-0.4, -0.2) is 24.3 Å². The molecule has 0 radical (unpaired) electrons. The summed E-state index contributed by atoms with van der Waals surface area (Å²) in [5.41, 5.74) is 0.759. The summed E-state index contributed by atoms with van der Waals surface area (Å²) in [6, 6.07) is 0. The van der Waals surface area contributed by atoms with Crippen molar-refractivity contribution in [1.29, 1.82) is 0 Å². The van der Waals surface area contributed by atoms with Gasteiger partial charge < -0.3 is 10.4 Å². The monoisotopic (exact) mass is 169 g/mol. The van der Waals surface area contributed by atoms with Gasteiger partial charge in [-0.2, -0.15) is 0 Å². The lowest BCUT2D eigenvalue weighted by Gasteiger charge is -2.52. The Morgan fingerprint density at radius 3 is 1.92 bits per heavy atom. The Kier molecular flexibility index (Phi) is 1.92. The van der Waals surface area contributed by atoms with E-state index in [1.54, 1.807) is 0 Å². The minimum Gasteiger partial charge on any atom is -0.396 e. The van der Waals surface area contributed by atoms with Crippen LogP contribution in [0.1, 0.15) is 38.5 Å². The number of aliphatic hydroxyl groups excluding tert-OH is 1. The van der Waals surface area contributed by atoms with Crippen LogP contribution in [-0.2, 0) is 0 Å². The third-order valence-electron chi connectivity index (χ3n) is 4.27. The second-order valence-corrected chi connectivity index (χ2v) is 4.69. The van der Waals surface area contributed by atoms with Crippen molar-refractivity contribution in [3.8, 4) is 0 Å². The van der Waals surface area contributed by atoms with Crippen molar-refractivity contribution in [2.45, 2.75) is 44.1 Å². The summed E-state index contributed by atoms with van der Waals surface area (Å²) >= 11 is 0. The van der Waals surface area contributed by atoms with Crippen LogP contribution in [0.5, 0.6) is 0 Å². The Bertz CT molecular complexity index is 134. The number of aliphatic hydroxyl groups is 1. The number of fused-ring (bicyclic) bond motifs is 3. The summed E-state index contributed by atoms with van der Waals surface area (Å²) in [5.74, 6) is 0. The van der Waals surface area contributed by atoms with Crippen molar-refractivity contribution in [1.82, 2.24) is 5.32 Å². The highest BCUT2D eigenvalue weighted by atomic mass is 16.3. The van der Waals surface area contributed by atoms with Gasteiger partial charge in [0.25, 0.3) is 0 Å². The van der Waals surface area contributed by atoms with Crippen molar-refractivity contribution < 1.29 is 5.11 Å². The molecular formula is C10H19NO. The molecule has 2 bridgehead atoms. The number of hydrogen-bond donors (Lipinski definition) is 2. The first-order chi connectivity index (χ1) is 5.74. The summed E-state index contributed by atoms with van der Waals surface area (Å²) < 4.78 is 0. The van der Waals surface area contributed by atoms with E-state index in [4.69, 9.17) is 0 Å². The second kappa shape index (κ2) is 2.71. The Labute approximate surface area is 74.4 Å². The zero-order valence-electron chi connectivity index (χ0n) is 7.90. The Hall–Kier alpha value is -0.0800. The summed E-state index contributed by atoms with van der Waals surface area (Å²) in [6.45, 7) is 0.410. The van der Waals surface area contributed by atoms with Crippen LogP contribution in [0.25, 0.3) is 0 Å². The van der Waals surface area contributed by atoms with Crippen molar-refractivity contribution in [2.75, 3.05) is 13.7 Å². The number of rotatable bonds is 2. The summed E-state index contributed by atoms with van der Waals surface area (Å²) in [5, 5.41) is 12.8. The van der Waals surface area contributed by atoms with Crippen molar-refractivity contribution in [3.63, 3.8) is 0 Å². The first-order valence-electron chi connectivity index (χ1n) is 5.04. The van der Waals surface area contributed by atoms with E-state index in [0.717, 1.165) is 0 Å². The molecule has 3 fully saturated rings. The average molecular weight is 169 g/mol. The van der Waals surface area contributed by atoms with Gasteiger partial charge in [-0.3, -0.25) is 0 Å². The van der Waals surface area contributed by atoms with E-state index in [9.17, 15) is 5.11 Å². The van der Waals surface area contributed by atoms with Gasteiger partial charge in [0.1, 0.15) is 0 Å². The molecule has 2 heteroatoms. The highest BCUT2D eigenvalue weighted by Crippen LogP contribution is 2.51. The van der Waals surface area contributed by atoms with Crippen LogP contribution in [0.4, 0.5) is 0 Å². The molecule has 3 aliphatic rings. The van der Waals surface area contributed by atoms with Gasteiger partial charge in [0.05, 0.1) is 0 Å². The first kappa shape index (κ1) is 8.52. The highest BCUT2D eigenvalue weighted by Gasteiger charge is 2.47. The van der Waals surface area contributed by atoms with Gasteiger partial charge in [0.2, 0.25) is 0 Å². The fourth-order valence-electron chi connectivity index (χ4n) is 2.88. The third kappa shape index (κ3) is 1.09. The topological polar surface area (TPSA) is 32.3 Å². The van der Waals surface area contributed by atoms with E-state index in [2.05, 4.69) is 12.4 Å². The fraction of sp³-hybridized carbons (Fsp3) is 1.00. The van der Waals surface area contributed by atoms with Gasteiger partial charge >= 0.3 is 0 Å². The van der Waals surface area contributed by atoms with E-state index >= 15 is 0 Å². The van der Waals surface area contributed by atoms with Gasteiger partial charge in [0.15, 0.2) is 0 Å². The zero-order chi connectivity index (χ0) is 8.66. The van der Waals surface area contributed by atoms with Crippen molar-refractivity contribution in [3.05, 3.63) is 0 Å². The van der Waals surface area contributed by atoms with Crippen molar-refractivity contribution in [2.24, 2.45) is 5.41 Å². The Morgan fingerprint density at radius 2 is 1.58 bits per heavy atom. The lowest BCUT2D eigenvalue weighted by molar-refractivity contribution is -0.0144. The molecule has 0 amide bonds. The molecular weight excluding hydrogens is 150 g/mol. The summed E-state index contributed by atoms with van der Waals surface area (Å²) in [6.07, 6.45) is 7.48. The van der Waals surface area contributed by atoms with Gasteiger partial charge in [0, 0.05) is 12.1 Å². The Morgan fingerprint density at radius 1 is 1.08 bits per heavy atom. The largest absolute Gasteiger partial charge is 0.396 e. The predicted octanol–water partition coefficient (Wildman–Crippen LogP) is 1.29. The quantitative estimate of drug-likeness (QED) is 0.653. The van der Waals surface area contributed by atoms with E-state index in [1.165, 1.54) is 38.5 Å². The second-order valence-electron chi connectivity index (χ2n) is 4.69. The Balaban J connectivity index is 2.09. The first-order valence-corrected chi connectivity index (χ1v) is 5.04. The molecule has 3 aliphatic carbocycles. The zero-order valence-corrected chi connectivity index (χ0v) is 7.90. The number of hydrogen-bond acceptors (Lipinski definition) is 2. The summed E-state index contributed by atoms with van der Waals surface area (Å²) in [7, 11) is 2.08. The molecule has 2 N–H and O–H groups in total. The molecule has 0 atom stereocenters. The van der Waals surface area contributed by atoms with Crippen LogP contribution in [0.3, 0.4) is 0 Å². The maximum Gasteiger partial charge on any atom is 0.0487 e. The molecule has 0 aromatic rings. The summed E-state index contributed by atoms with van der Waals surface area (Å²) in [4.78, 5) is 0. The van der Waals surface area contributed by atoms with E-state index in [-0.39, 0.29) is 0 Å². The van der Waals surface area contributed by atoms with E-state index in [0.29, 0.717) is 17.6 Å². The highest BCUT2D eigenvalue weighted by molar-refractivity contribution is 5.03. The molecule has 3 rings (SSSR count). The standard InChI is InChI=1S/C10H19NO/c1-11-10-5-2-9(8-12,3-6-10)4-7-10/h11-12H,2-8H2,1H3. The minimum atomic E-state index is 0.318. The van der Waals surface area contributed by atoms with E-state index in [1.807, 2.05) is 0 Å². The van der Waals surface area contributed by atoms with Gasteiger partial charge in [-0.15, -0.1) is 0 Å². The van der Waals surface area contributed by atoms with Crippen LogP contribution >= 0.6 is 0 Å². The van der Waals surface area contributed by atoms with Crippen LogP contribution in [0.15, 0.2) is 0 Å². The molecule has 12 heavy (non-hydrogen) atoms. The van der Waals surface area contributed by atoms with Crippen LogP contribution in [0, 0.1) is 5.41 Å². The minimum absolute atomic E-state index is 0.318. The molecule has 0 aromatic heterocycles. The predicted molar refractivity (Wildman–Crippen MR) is 49.0 cm³/mol. The van der Waals surface area contributed by atoms with Crippen molar-refractivity contribution >= 4 is 0 Å². The molecule has 0 unspecified atom stereocenters. The van der Waals surface area contributed by atoms with Gasteiger partial charge in [-0.25, -0.2) is 0 Å². The SMILES string of the molecule is CNC12CCC(CO)(CC1)CC2. The average Bonchev–Trinajstić information content (AvgIpc) is 2.21. The lowest BCUT2D eigenvalue weighted by atomic mass is 9.57. The van der Waals surface area contributed by atoms with E-state index < -0.39 is 0 Å². The van der Waals surface area contributed by atoms with Gasteiger partial charge in [-0.1, -0.05) is 0 Å². The molecule has 2 nitrogen and oxygen atoms in total. The lowest BCUT2D eigenvalue weighted by Crippen LogP contribution is -2.54. The molecule has 0 spiro atoms. The van der Waals surface area contributed by atoms with Crippen LogP contribution < -0.4 is 5.32 Å². The molecule has 3 saturated carbocycles. The number of nitrogens with one attached hydrogen (secondary N) is 1. The normalized spacial score (nSPS) is 46.5. The maximum absolute atomic E-state index is 9.30. The molecule has 0 aromatic carbocycles. The fourth-order valence-corrected chi connectivity index (χ4v) is 2.88. The smallest absolute Gasteiger partial charge is 0.0487 e. The van der Waals surface area contributed by atoms with Crippen LogP contribution in [0.2, 0.25) is 0 Å². The molecule has 70 valence electrons.